The first-order chi connectivity index (χ1) is 11.6. The van der Waals surface area contributed by atoms with E-state index in [0.29, 0.717) is 24.5 Å². The predicted octanol–water partition coefficient (Wildman–Crippen LogP) is 3.35. The van der Waals surface area contributed by atoms with Crippen LogP contribution < -0.4 is 4.90 Å². The average Bonchev–Trinajstić information content (AvgIpc) is 2.97. The standard InChI is InChI=1S/C19H19ClN2O2/c1-21(13-14-5-3-2-4-6-14)18(23)17-11-12-22(19(17)24)16-9-7-15(20)8-10-16/h2-10,17H,11-13H2,1H3/t17-/m0/s1. The van der Waals surface area contributed by atoms with Crippen LogP contribution in [0.2, 0.25) is 5.02 Å². The summed E-state index contributed by atoms with van der Waals surface area (Å²) in [5.74, 6) is -0.864. The Morgan fingerprint density at radius 2 is 1.83 bits per heavy atom. The Bertz CT molecular complexity index is 731. The van der Waals surface area contributed by atoms with E-state index < -0.39 is 5.92 Å². The van der Waals surface area contributed by atoms with Crippen LogP contribution in [-0.4, -0.2) is 30.3 Å². The van der Waals surface area contributed by atoms with E-state index in [1.165, 1.54) is 0 Å². The third-order valence-electron chi connectivity index (χ3n) is 4.28. The molecule has 1 saturated heterocycles. The second kappa shape index (κ2) is 7.05. The molecule has 2 aromatic rings. The van der Waals surface area contributed by atoms with Gasteiger partial charge in [0.15, 0.2) is 0 Å². The summed E-state index contributed by atoms with van der Waals surface area (Å²) in [6.07, 6.45) is 0.541. The normalized spacial score (nSPS) is 17.2. The molecule has 0 aliphatic carbocycles. The molecule has 0 saturated carbocycles. The second-order valence-electron chi connectivity index (χ2n) is 5.99. The lowest BCUT2D eigenvalue weighted by molar-refractivity contribution is -0.139. The highest BCUT2D eigenvalue weighted by molar-refractivity contribution is 6.30. The maximum absolute atomic E-state index is 12.6. The summed E-state index contributed by atoms with van der Waals surface area (Å²) in [6, 6.07) is 16.9. The Kier molecular flexibility index (Phi) is 4.86. The van der Waals surface area contributed by atoms with Crippen molar-refractivity contribution in [3.8, 4) is 0 Å². The van der Waals surface area contributed by atoms with Crippen molar-refractivity contribution in [3.63, 3.8) is 0 Å². The molecule has 3 rings (SSSR count). The largest absolute Gasteiger partial charge is 0.341 e. The van der Waals surface area contributed by atoms with Gasteiger partial charge in [-0.1, -0.05) is 41.9 Å². The van der Waals surface area contributed by atoms with Gasteiger partial charge < -0.3 is 9.80 Å². The van der Waals surface area contributed by atoms with Gasteiger partial charge in [-0.2, -0.15) is 0 Å². The maximum Gasteiger partial charge on any atom is 0.239 e. The van der Waals surface area contributed by atoms with E-state index in [1.54, 1.807) is 41.1 Å². The molecule has 1 heterocycles. The van der Waals surface area contributed by atoms with Gasteiger partial charge in [-0.15, -0.1) is 0 Å². The number of carbonyl (C=O) groups excluding carboxylic acids is 2. The van der Waals surface area contributed by atoms with Gasteiger partial charge in [0, 0.05) is 30.8 Å². The number of rotatable bonds is 4. The summed E-state index contributed by atoms with van der Waals surface area (Å²) in [5.41, 5.74) is 1.83. The van der Waals surface area contributed by atoms with E-state index in [2.05, 4.69) is 0 Å². The van der Waals surface area contributed by atoms with E-state index in [-0.39, 0.29) is 11.8 Å². The molecule has 1 aliphatic heterocycles. The van der Waals surface area contributed by atoms with Gasteiger partial charge in [0.05, 0.1) is 0 Å². The van der Waals surface area contributed by atoms with E-state index in [9.17, 15) is 9.59 Å². The summed E-state index contributed by atoms with van der Waals surface area (Å²) in [7, 11) is 1.74. The molecular weight excluding hydrogens is 324 g/mol. The predicted molar refractivity (Wildman–Crippen MR) is 94.8 cm³/mol. The smallest absolute Gasteiger partial charge is 0.239 e. The third kappa shape index (κ3) is 3.44. The number of hydrogen-bond donors (Lipinski definition) is 0. The molecule has 0 unspecified atom stereocenters. The van der Waals surface area contributed by atoms with Crippen molar-refractivity contribution in [2.75, 3.05) is 18.5 Å². The first-order valence-corrected chi connectivity index (χ1v) is 8.30. The highest BCUT2D eigenvalue weighted by atomic mass is 35.5. The van der Waals surface area contributed by atoms with Crippen molar-refractivity contribution in [3.05, 3.63) is 65.2 Å². The molecule has 24 heavy (non-hydrogen) atoms. The SMILES string of the molecule is CN(Cc1ccccc1)C(=O)[C@@H]1CCN(c2ccc(Cl)cc2)C1=O. The Labute approximate surface area is 146 Å². The van der Waals surface area contributed by atoms with Crippen molar-refractivity contribution >= 4 is 29.1 Å². The molecule has 0 radical (unpaired) electrons. The van der Waals surface area contributed by atoms with Gasteiger partial charge in [-0.3, -0.25) is 9.59 Å². The number of amides is 2. The molecule has 0 aromatic heterocycles. The number of hydrogen-bond acceptors (Lipinski definition) is 2. The quantitative estimate of drug-likeness (QED) is 0.799. The molecule has 0 N–H and O–H groups in total. The molecule has 0 spiro atoms. The average molecular weight is 343 g/mol. The van der Waals surface area contributed by atoms with Crippen LogP contribution in [0.5, 0.6) is 0 Å². The lowest BCUT2D eigenvalue weighted by Gasteiger charge is -2.21. The van der Waals surface area contributed by atoms with Crippen molar-refractivity contribution in [1.82, 2.24) is 4.90 Å². The Morgan fingerprint density at radius 1 is 1.17 bits per heavy atom. The van der Waals surface area contributed by atoms with Gasteiger partial charge >= 0.3 is 0 Å². The molecular formula is C19H19ClN2O2. The van der Waals surface area contributed by atoms with Crippen molar-refractivity contribution in [1.29, 1.82) is 0 Å². The van der Waals surface area contributed by atoms with Crippen LogP contribution in [0.25, 0.3) is 0 Å². The number of benzene rings is 2. The summed E-state index contributed by atoms with van der Waals surface area (Å²) in [5, 5.41) is 0.626. The molecule has 1 fully saturated rings. The number of carbonyl (C=O) groups is 2. The van der Waals surface area contributed by atoms with Gasteiger partial charge in [0.1, 0.15) is 5.92 Å². The molecule has 1 atom stereocenters. The first-order valence-electron chi connectivity index (χ1n) is 7.92. The lowest BCUT2D eigenvalue weighted by Crippen LogP contribution is -2.37. The van der Waals surface area contributed by atoms with Crippen LogP contribution in [0.1, 0.15) is 12.0 Å². The molecule has 5 heteroatoms. The fraction of sp³-hybridized carbons (Fsp3) is 0.263. The van der Waals surface area contributed by atoms with Crippen LogP contribution in [0.15, 0.2) is 54.6 Å². The second-order valence-corrected chi connectivity index (χ2v) is 6.42. The van der Waals surface area contributed by atoms with E-state index in [4.69, 9.17) is 11.6 Å². The highest BCUT2D eigenvalue weighted by Crippen LogP contribution is 2.27. The molecule has 0 bridgehead atoms. The van der Waals surface area contributed by atoms with Crippen molar-refractivity contribution in [2.24, 2.45) is 5.92 Å². The highest BCUT2D eigenvalue weighted by Gasteiger charge is 2.38. The molecule has 2 aromatic carbocycles. The fourth-order valence-electron chi connectivity index (χ4n) is 2.99. The van der Waals surface area contributed by atoms with Crippen LogP contribution >= 0.6 is 11.6 Å². The maximum atomic E-state index is 12.6. The Hall–Kier alpha value is -2.33. The minimum Gasteiger partial charge on any atom is -0.341 e. The third-order valence-corrected chi connectivity index (χ3v) is 4.53. The number of nitrogens with zero attached hydrogens (tertiary/aromatic N) is 2. The van der Waals surface area contributed by atoms with Crippen molar-refractivity contribution in [2.45, 2.75) is 13.0 Å². The van der Waals surface area contributed by atoms with Gasteiger partial charge in [0.2, 0.25) is 11.8 Å². The van der Waals surface area contributed by atoms with Gasteiger partial charge in [-0.05, 0) is 36.2 Å². The van der Waals surface area contributed by atoms with Crippen LogP contribution in [0.4, 0.5) is 5.69 Å². The first kappa shape index (κ1) is 16.5. The van der Waals surface area contributed by atoms with Gasteiger partial charge in [-0.25, -0.2) is 0 Å². The number of anilines is 1. The summed E-state index contributed by atoms with van der Waals surface area (Å²) < 4.78 is 0. The minimum absolute atomic E-state index is 0.125. The topological polar surface area (TPSA) is 40.6 Å². The Morgan fingerprint density at radius 3 is 2.50 bits per heavy atom. The zero-order chi connectivity index (χ0) is 17.1. The monoisotopic (exact) mass is 342 g/mol. The van der Waals surface area contributed by atoms with Crippen LogP contribution in [0.3, 0.4) is 0 Å². The van der Waals surface area contributed by atoms with Crippen LogP contribution in [-0.2, 0) is 16.1 Å². The van der Waals surface area contributed by atoms with Crippen molar-refractivity contribution < 1.29 is 9.59 Å². The summed E-state index contributed by atoms with van der Waals surface area (Å²) in [4.78, 5) is 28.6. The zero-order valence-corrected chi connectivity index (χ0v) is 14.2. The van der Waals surface area contributed by atoms with Crippen LogP contribution in [0, 0.1) is 5.92 Å². The van der Waals surface area contributed by atoms with E-state index in [1.807, 2.05) is 30.3 Å². The minimum atomic E-state index is -0.602. The Balaban J connectivity index is 1.68. The summed E-state index contributed by atoms with van der Waals surface area (Å²) in [6.45, 7) is 1.06. The van der Waals surface area contributed by atoms with E-state index in [0.717, 1.165) is 11.3 Å². The molecule has 4 nitrogen and oxygen atoms in total. The summed E-state index contributed by atoms with van der Waals surface area (Å²) >= 11 is 5.89. The van der Waals surface area contributed by atoms with E-state index >= 15 is 0 Å². The molecule has 124 valence electrons. The fourth-order valence-corrected chi connectivity index (χ4v) is 3.11. The van der Waals surface area contributed by atoms with Gasteiger partial charge in [0.25, 0.3) is 0 Å². The number of halogens is 1. The zero-order valence-electron chi connectivity index (χ0n) is 13.5. The molecule has 1 aliphatic rings. The molecule has 2 amide bonds. The lowest BCUT2D eigenvalue weighted by atomic mass is 10.1.